The van der Waals surface area contributed by atoms with Crippen molar-refractivity contribution in [3.8, 4) is 0 Å². The van der Waals surface area contributed by atoms with Gasteiger partial charge in [-0.15, -0.1) is 0 Å². The second-order valence-electron chi connectivity index (χ2n) is 7.90. The number of aryl methyl sites for hydroxylation is 2. The van der Waals surface area contributed by atoms with Crippen molar-refractivity contribution in [2.45, 2.75) is 46.6 Å². The van der Waals surface area contributed by atoms with Crippen LogP contribution in [0.5, 0.6) is 0 Å². The third-order valence-corrected chi connectivity index (χ3v) is 5.75. The second-order valence-corrected chi connectivity index (χ2v) is 8.31. The van der Waals surface area contributed by atoms with Gasteiger partial charge < -0.3 is 15.5 Å². The van der Waals surface area contributed by atoms with E-state index < -0.39 is 0 Å². The van der Waals surface area contributed by atoms with Crippen LogP contribution in [0.2, 0.25) is 0 Å². The van der Waals surface area contributed by atoms with Crippen LogP contribution < -0.4 is 15.5 Å². The van der Waals surface area contributed by atoms with Gasteiger partial charge in [0.15, 0.2) is 5.11 Å². The van der Waals surface area contributed by atoms with Crippen LogP contribution in [0.1, 0.15) is 49.4 Å². The zero-order valence-corrected chi connectivity index (χ0v) is 17.7. The predicted molar refractivity (Wildman–Crippen MR) is 121 cm³/mol. The highest BCUT2D eigenvalue weighted by molar-refractivity contribution is 7.80. The number of nitrogens with one attached hydrogen (secondary N) is 2. The molecule has 2 N–H and O–H groups in total. The Balaban J connectivity index is 1.57. The maximum atomic E-state index is 5.50. The van der Waals surface area contributed by atoms with E-state index in [9.17, 15) is 0 Å². The maximum Gasteiger partial charge on any atom is 0.171 e. The van der Waals surface area contributed by atoms with Crippen molar-refractivity contribution in [3.63, 3.8) is 0 Å². The Morgan fingerprint density at radius 2 is 1.85 bits per heavy atom. The van der Waals surface area contributed by atoms with Gasteiger partial charge in [0.25, 0.3) is 0 Å². The fourth-order valence-electron chi connectivity index (χ4n) is 3.66. The van der Waals surface area contributed by atoms with E-state index >= 15 is 0 Å². The molecule has 1 aliphatic heterocycles. The summed E-state index contributed by atoms with van der Waals surface area (Å²) in [5, 5.41) is 7.33. The smallest absolute Gasteiger partial charge is 0.171 e. The number of piperidine rings is 1. The lowest BCUT2D eigenvalue weighted by atomic mass is 9.99. The van der Waals surface area contributed by atoms with Crippen LogP contribution in [0.25, 0.3) is 0 Å². The minimum absolute atomic E-state index is 0.158. The van der Waals surface area contributed by atoms with Crippen LogP contribution in [0.3, 0.4) is 0 Å². The molecule has 3 rings (SSSR count). The molecule has 0 aliphatic carbocycles. The predicted octanol–water partition coefficient (Wildman–Crippen LogP) is 5.59. The molecule has 2 atom stereocenters. The molecule has 0 aromatic heterocycles. The third-order valence-electron chi connectivity index (χ3n) is 5.53. The number of hydrogen-bond donors (Lipinski definition) is 2. The topological polar surface area (TPSA) is 27.3 Å². The van der Waals surface area contributed by atoms with Gasteiger partial charge in [0.1, 0.15) is 0 Å². The van der Waals surface area contributed by atoms with Crippen molar-refractivity contribution in [2.75, 3.05) is 23.3 Å². The van der Waals surface area contributed by atoms with Gasteiger partial charge in [-0.3, -0.25) is 0 Å². The Morgan fingerprint density at radius 1 is 1.11 bits per heavy atom. The second kappa shape index (κ2) is 8.75. The number of rotatable bonds is 4. The normalized spacial score (nSPS) is 18.1. The van der Waals surface area contributed by atoms with E-state index in [-0.39, 0.29) is 6.04 Å². The number of nitrogens with zero attached hydrogens (tertiary/aromatic N) is 1. The fraction of sp³-hybridized carbons (Fsp3) is 0.435. The van der Waals surface area contributed by atoms with Gasteiger partial charge in [-0.05, 0) is 92.7 Å². The summed E-state index contributed by atoms with van der Waals surface area (Å²) in [6.07, 6.45) is 2.64. The van der Waals surface area contributed by atoms with Crippen LogP contribution in [-0.2, 0) is 0 Å². The summed E-state index contributed by atoms with van der Waals surface area (Å²) >= 11 is 5.50. The summed E-state index contributed by atoms with van der Waals surface area (Å²) in [4.78, 5) is 2.50. The molecular weight excluding hydrogens is 350 g/mol. The minimum atomic E-state index is 0.158. The van der Waals surface area contributed by atoms with E-state index in [2.05, 4.69) is 85.7 Å². The quantitative estimate of drug-likeness (QED) is 0.675. The lowest BCUT2D eigenvalue weighted by molar-refractivity contribution is 0.447. The van der Waals surface area contributed by atoms with Gasteiger partial charge in [-0.2, -0.15) is 0 Å². The van der Waals surface area contributed by atoms with E-state index in [4.69, 9.17) is 12.2 Å². The average molecular weight is 382 g/mol. The van der Waals surface area contributed by atoms with Crippen molar-refractivity contribution < 1.29 is 0 Å². The zero-order chi connectivity index (χ0) is 19.4. The first-order valence-corrected chi connectivity index (χ1v) is 10.3. The highest BCUT2D eigenvalue weighted by Crippen LogP contribution is 2.24. The summed E-state index contributed by atoms with van der Waals surface area (Å²) < 4.78 is 0. The van der Waals surface area contributed by atoms with Crippen LogP contribution in [0.15, 0.2) is 42.5 Å². The number of thiocarbonyl (C=S) groups is 1. The fourth-order valence-corrected chi connectivity index (χ4v) is 3.96. The van der Waals surface area contributed by atoms with Crippen LogP contribution in [0, 0.1) is 19.8 Å². The van der Waals surface area contributed by atoms with Crippen molar-refractivity contribution in [1.82, 2.24) is 5.32 Å². The third kappa shape index (κ3) is 5.23. The lowest BCUT2D eigenvalue weighted by Crippen LogP contribution is -2.34. The van der Waals surface area contributed by atoms with Crippen LogP contribution in [0.4, 0.5) is 11.4 Å². The monoisotopic (exact) mass is 381 g/mol. The van der Waals surface area contributed by atoms with Crippen molar-refractivity contribution in [1.29, 1.82) is 0 Å². The Kier molecular flexibility index (Phi) is 6.38. The van der Waals surface area contributed by atoms with Crippen LogP contribution in [-0.4, -0.2) is 18.2 Å². The van der Waals surface area contributed by atoms with Gasteiger partial charge in [0, 0.05) is 24.5 Å². The minimum Gasteiger partial charge on any atom is -0.371 e. The van der Waals surface area contributed by atoms with Gasteiger partial charge in [-0.1, -0.05) is 25.1 Å². The molecule has 0 amide bonds. The van der Waals surface area contributed by atoms with Crippen molar-refractivity contribution in [2.24, 2.45) is 5.92 Å². The molecule has 2 aromatic rings. The molecule has 1 heterocycles. The van der Waals surface area contributed by atoms with Crippen LogP contribution >= 0.6 is 12.2 Å². The van der Waals surface area contributed by atoms with E-state index in [1.54, 1.807) is 0 Å². The van der Waals surface area contributed by atoms with Crippen molar-refractivity contribution >= 4 is 28.7 Å². The lowest BCUT2D eigenvalue weighted by Gasteiger charge is -2.33. The van der Waals surface area contributed by atoms with Crippen molar-refractivity contribution in [3.05, 3.63) is 59.2 Å². The highest BCUT2D eigenvalue weighted by atomic mass is 32.1. The van der Waals surface area contributed by atoms with Gasteiger partial charge in [-0.25, -0.2) is 0 Å². The molecule has 144 valence electrons. The summed E-state index contributed by atoms with van der Waals surface area (Å²) in [6.45, 7) is 11.1. The molecule has 0 saturated carbocycles. The Bertz CT molecular complexity index is 785. The van der Waals surface area contributed by atoms with E-state index in [0.29, 0.717) is 5.11 Å². The first-order chi connectivity index (χ1) is 12.9. The molecule has 1 saturated heterocycles. The molecular formula is C23H31N3S. The van der Waals surface area contributed by atoms with Gasteiger partial charge >= 0.3 is 0 Å². The van der Waals surface area contributed by atoms with E-state index in [0.717, 1.165) is 18.2 Å². The van der Waals surface area contributed by atoms with Gasteiger partial charge in [0.2, 0.25) is 0 Å². The molecule has 0 spiro atoms. The molecule has 0 unspecified atom stereocenters. The average Bonchev–Trinajstić information content (AvgIpc) is 2.65. The number of benzene rings is 2. The number of hydrogen-bond acceptors (Lipinski definition) is 2. The standard InChI is InChI=1S/C23H31N3S/c1-16-6-5-13-26(15-16)22-11-8-20(9-12-22)19(4)24-23(27)25-21-10-7-17(2)18(3)14-21/h7-12,14,16,19H,5-6,13,15H2,1-4H3,(H2,24,25,27)/t16-,19+/m1/s1. The Hall–Kier alpha value is -2.07. The molecule has 1 fully saturated rings. The first-order valence-electron chi connectivity index (χ1n) is 9.92. The SMILES string of the molecule is Cc1ccc(NC(=S)N[C@@H](C)c2ccc(N3CCC[C@@H](C)C3)cc2)cc1C. The van der Waals surface area contributed by atoms with Gasteiger partial charge in [0.05, 0.1) is 6.04 Å². The summed E-state index contributed by atoms with van der Waals surface area (Å²) in [5.74, 6) is 0.785. The zero-order valence-electron chi connectivity index (χ0n) is 16.9. The molecule has 1 aliphatic rings. The molecule has 3 nitrogen and oxygen atoms in total. The largest absolute Gasteiger partial charge is 0.371 e. The molecule has 0 bridgehead atoms. The summed E-state index contributed by atoms with van der Waals surface area (Å²) in [6, 6.07) is 15.4. The first kappa shape index (κ1) is 19.7. The molecule has 2 aromatic carbocycles. The highest BCUT2D eigenvalue weighted by Gasteiger charge is 2.17. The maximum absolute atomic E-state index is 5.50. The Morgan fingerprint density at radius 3 is 2.52 bits per heavy atom. The van der Waals surface area contributed by atoms with E-state index in [1.807, 2.05) is 0 Å². The molecule has 4 heteroatoms. The summed E-state index contributed by atoms with van der Waals surface area (Å²) in [5.41, 5.74) is 6.15. The summed E-state index contributed by atoms with van der Waals surface area (Å²) in [7, 11) is 0. The molecule has 27 heavy (non-hydrogen) atoms. The molecule has 0 radical (unpaired) electrons. The van der Waals surface area contributed by atoms with E-state index in [1.165, 1.54) is 41.8 Å². The Labute approximate surface area is 169 Å². The number of anilines is 2.